The number of aromatic nitrogens is 3. The number of aryl methyl sites for hydroxylation is 3. The molecule has 0 unspecified atom stereocenters. The molecule has 3 rings (SSSR count). The van der Waals surface area contributed by atoms with Gasteiger partial charge in [-0.05, 0) is 39.0 Å². The summed E-state index contributed by atoms with van der Waals surface area (Å²) >= 11 is 1.54. The third kappa shape index (κ3) is 2.96. The summed E-state index contributed by atoms with van der Waals surface area (Å²) in [6.45, 7) is 5.92. The molecule has 112 valence electrons. The fourth-order valence-corrected chi connectivity index (χ4v) is 2.65. The summed E-state index contributed by atoms with van der Waals surface area (Å²) in [4.78, 5) is 25.3. The summed E-state index contributed by atoms with van der Waals surface area (Å²) in [7, 11) is 0. The molecule has 0 aliphatic rings. The van der Waals surface area contributed by atoms with Gasteiger partial charge >= 0.3 is 5.97 Å². The summed E-state index contributed by atoms with van der Waals surface area (Å²) in [6.07, 6.45) is 0. The minimum absolute atomic E-state index is 0.180. The van der Waals surface area contributed by atoms with Gasteiger partial charge in [-0.25, -0.2) is 19.7 Å². The Morgan fingerprint density at radius 2 is 1.82 bits per heavy atom. The number of carbonyl (C=O) groups excluding carboxylic acids is 1. The number of esters is 1. The third-order valence-corrected chi connectivity index (χ3v) is 4.15. The van der Waals surface area contributed by atoms with Crippen LogP contribution in [0, 0.1) is 20.8 Å². The van der Waals surface area contributed by atoms with Crippen molar-refractivity contribution in [3.8, 4) is 0 Å². The number of thiazole rings is 1. The minimum Gasteiger partial charge on any atom is -0.456 e. The van der Waals surface area contributed by atoms with E-state index in [0.29, 0.717) is 11.1 Å². The molecular weight excluding hydrogens is 298 g/mol. The van der Waals surface area contributed by atoms with Crippen LogP contribution in [0.4, 0.5) is 0 Å². The van der Waals surface area contributed by atoms with Crippen molar-refractivity contribution in [3.05, 3.63) is 51.2 Å². The largest absolute Gasteiger partial charge is 0.456 e. The lowest BCUT2D eigenvalue weighted by Crippen LogP contribution is -2.06. The van der Waals surface area contributed by atoms with E-state index in [1.807, 2.05) is 26.2 Å². The number of ether oxygens (including phenoxy) is 1. The Bertz CT molecular complexity index is 858. The van der Waals surface area contributed by atoms with Crippen molar-refractivity contribution in [2.45, 2.75) is 27.4 Å². The van der Waals surface area contributed by atoms with Gasteiger partial charge in [-0.1, -0.05) is 0 Å². The second kappa shape index (κ2) is 5.81. The van der Waals surface area contributed by atoms with Gasteiger partial charge in [0.05, 0.1) is 38.7 Å². The fraction of sp³-hybridized carbons (Fsp3) is 0.250. The number of fused-ring (bicyclic) bond motifs is 1. The zero-order valence-electron chi connectivity index (χ0n) is 12.6. The van der Waals surface area contributed by atoms with E-state index in [-0.39, 0.29) is 12.6 Å². The molecule has 0 aliphatic heterocycles. The number of benzene rings is 1. The van der Waals surface area contributed by atoms with E-state index in [1.165, 1.54) is 11.3 Å². The van der Waals surface area contributed by atoms with E-state index in [0.717, 1.165) is 27.6 Å². The molecule has 1 aromatic carbocycles. The topological polar surface area (TPSA) is 65.0 Å². The van der Waals surface area contributed by atoms with E-state index in [4.69, 9.17) is 4.74 Å². The van der Waals surface area contributed by atoms with Crippen molar-refractivity contribution < 1.29 is 9.53 Å². The summed E-state index contributed by atoms with van der Waals surface area (Å²) in [5.74, 6) is -0.382. The summed E-state index contributed by atoms with van der Waals surface area (Å²) in [6, 6.07) is 5.21. The molecule has 22 heavy (non-hydrogen) atoms. The minimum atomic E-state index is -0.382. The summed E-state index contributed by atoms with van der Waals surface area (Å²) in [5.41, 5.74) is 4.45. The van der Waals surface area contributed by atoms with Crippen molar-refractivity contribution in [2.75, 3.05) is 0 Å². The van der Waals surface area contributed by atoms with Crippen molar-refractivity contribution in [2.24, 2.45) is 0 Å². The van der Waals surface area contributed by atoms with Crippen LogP contribution in [0.5, 0.6) is 0 Å². The van der Waals surface area contributed by atoms with E-state index in [1.54, 1.807) is 18.2 Å². The van der Waals surface area contributed by atoms with Crippen molar-refractivity contribution in [3.63, 3.8) is 0 Å². The molecule has 5 nitrogen and oxygen atoms in total. The first kappa shape index (κ1) is 14.6. The number of hydrogen-bond donors (Lipinski definition) is 0. The van der Waals surface area contributed by atoms with Gasteiger partial charge in [0, 0.05) is 5.38 Å². The second-order valence-electron chi connectivity index (χ2n) is 5.03. The Morgan fingerprint density at radius 1 is 1.09 bits per heavy atom. The van der Waals surface area contributed by atoms with Gasteiger partial charge in [0.15, 0.2) is 0 Å². The van der Waals surface area contributed by atoms with Crippen LogP contribution in [0.15, 0.2) is 23.6 Å². The highest BCUT2D eigenvalue weighted by molar-refractivity contribution is 7.09. The lowest BCUT2D eigenvalue weighted by atomic mass is 10.2. The molecule has 2 aromatic heterocycles. The maximum Gasteiger partial charge on any atom is 0.338 e. The van der Waals surface area contributed by atoms with E-state index in [9.17, 15) is 4.79 Å². The van der Waals surface area contributed by atoms with Gasteiger partial charge < -0.3 is 4.74 Å². The van der Waals surface area contributed by atoms with Crippen LogP contribution in [-0.4, -0.2) is 20.9 Å². The van der Waals surface area contributed by atoms with Crippen molar-refractivity contribution in [1.29, 1.82) is 0 Å². The highest BCUT2D eigenvalue weighted by Crippen LogP contribution is 2.16. The lowest BCUT2D eigenvalue weighted by molar-refractivity contribution is 0.0468. The van der Waals surface area contributed by atoms with Gasteiger partial charge in [0.25, 0.3) is 0 Å². The standard InChI is InChI=1S/C16H15N3O2S/c1-9-10(2)18-15-6-12(4-5-14(15)17-9)16(20)21-7-13-8-22-11(3)19-13/h4-6,8H,7H2,1-3H3. The first-order valence-electron chi connectivity index (χ1n) is 6.86. The lowest BCUT2D eigenvalue weighted by Gasteiger charge is -2.06. The average molecular weight is 313 g/mol. The van der Waals surface area contributed by atoms with Crippen LogP contribution in [0.1, 0.15) is 32.4 Å². The molecule has 3 aromatic rings. The quantitative estimate of drug-likeness (QED) is 0.694. The van der Waals surface area contributed by atoms with Crippen LogP contribution in [0.25, 0.3) is 11.0 Å². The molecule has 0 N–H and O–H groups in total. The fourth-order valence-electron chi connectivity index (χ4n) is 2.06. The smallest absolute Gasteiger partial charge is 0.338 e. The van der Waals surface area contributed by atoms with Gasteiger partial charge in [-0.3, -0.25) is 0 Å². The highest BCUT2D eigenvalue weighted by Gasteiger charge is 2.11. The predicted molar refractivity (Wildman–Crippen MR) is 85.0 cm³/mol. The maximum atomic E-state index is 12.1. The Kier molecular flexibility index (Phi) is 3.85. The summed E-state index contributed by atoms with van der Waals surface area (Å²) < 4.78 is 5.29. The van der Waals surface area contributed by atoms with Crippen LogP contribution in [0.3, 0.4) is 0 Å². The normalized spacial score (nSPS) is 10.9. The van der Waals surface area contributed by atoms with Crippen molar-refractivity contribution >= 4 is 28.3 Å². The molecule has 6 heteroatoms. The molecule has 0 aliphatic carbocycles. The zero-order chi connectivity index (χ0) is 15.7. The van der Waals surface area contributed by atoms with Crippen LogP contribution >= 0.6 is 11.3 Å². The molecule has 0 saturated heterocycles. The second-order valence-corrected chi connectivity index (χ2v) is 6.09. The maximum absolute atomic E-state index is 12.1. The van der Waals surface area contributed by atoms with Gasteiger partial charge in [-0.15, -0.1) is 11.3 Å². The number of hydrogen-bond acceptors (Lipinski definition) is 6. The molecular formula is C16H15N3O2S. The molecule has 2 heterocycles. The van der Waals surface area contributed by atoms with Gasteiger partial charge in [-0.2, -0.15) is 0 Å². The van der Waals surface area contributed by atoms with Crippen LogP contribution in [0.2, 0.25) is 0 Å². The zero-order valence-corrected chi connectivity index (χ0v) is 13.4. The average Bonchev–Trinajstić information content (AvgIpc) is 2.91. The van der Waals surface area contributed by atoms with E-state index in [2.05, 4.69) is 15.0 Å². The van der Waals surface area contributed by atoms with Gasteiger partial charge in [0.2, 0.25) is 0 Å². The predicted octanol–water partition coefficient (Wildman–Crippen LogP) is 3.37. The monoisotopic (exact) mass is 313 g/mol. The Balaban J connectivity index is 1.80. The van der Waals surface area contributed by atoms with E-state index < -0.39 is 0 Å². The van der Waals surface area contributed by atoms with E-state index >= 15 is 0 Å². The Hall–Kier alpha value is -2.34. The Labute approximate surface area is 132 Å². The van der Waals surface area contributed by atoms with Crippen LogP contribution in [-0.2, 0) is 11.3 Å². The first-order valence-corrected chi connectivity index (χ1v) is 7.74. The Morgan fingerprint density at radius 3 is 2.50 bits per heavy atom. The first-order chi connectivity index (χ1) is 10.5. The van der Waals surface area contributed by atoms with Gasteiger partial charge in [0.1, 0.15) is 6.61 Å². The molecule has 0 bridgehead atoms. The molecule has 0 radical (unpaired) electrons. The van der Waals surface area contributed by atoms with Crippen LogP contribution < -0.4 is 0 Å². The number of nitrogens with zero attached hydrogens (tertiary/aromatic N) is 3. The third-order valence-electron chi connectivity index (χ3n) is 3.33. The highest BCUT2D eigenvalue weighted by atomic mass is 32.1. The molecule has 0 amide bonds. The molecule has 0 saturated carbocycles. The molecule has 0 fully saturated rings. The SMILES string of the molecule is Cc1nc(COC(=O)c2ccc3nc(C)c(C)nc3c2)cs1. The van der Waals surface area contributed by atoms with Crippen molar-refractivity contribution in [1.82, 2.24) is 15.0 Å². The number of carbonyl (C=O) groups is 1. The number of rotatable bonds is 3. The molecule has 0 atom stereocenters. The summed E-state index contributed by atoms with van der Waals surface area (Å²) in [5, 5.41) is 2.85. The molecule has 0 spiro atoms.